The van der Waals surface area contributed by atoms with Crippen molar-refractivity contribution in [1.29, 1.82) is 0 Å². The van der Waals surface area contributed by atoms with E-state index in [1.165, 1.54) is 10.2 Å². The highest BCUT2D eigenvalue weighted by atomic mass is 16.5. The Morgan fingerprint density at radius 1 is 1.00 bits per heavy atom. The summed E-state index contributed by atoms with van der Waals surface area (Å²) in [5.41, 5.74) is 2.81. The predicted molar refractivity (Wildman–Crippen MR) is 128 cm³/mol. The molecule has 2 aromatic carbocycles. The normalized spacial score (nSPS) is 14.5. The van der Waals surface area contributed by atoms with E-state index in [4.69, 9.17) is 4.74 Å². The van der Waals surface area contributed by atoms with Gasteiger partial charge in [0.1, 0.15) is 5.75 Å². The lowest BCUT2D eigenvalue weighted by Gasteiger charge is -2.35. The maximum atomic E-state index is 12.6. The van der Waals surface area contributed by atoms with Gasteiger partial charge in [0.05, 0.1) is 12.8 Å². The first-order chi connectivity index (χ1) is 16.2. The largest absolute Gasteiger partial charge is 0.496 e. The number of H-pyrrole nitrogens is 1. The van der Waals surface area contributed by atoms with Gasteiger partial charge < -0.3 is 15.0 Å². The Balaban J connectivity index is 1.24. The van der Waals surface area contributed by atoms with Crippen molar-refractivity contribution in [3.8, 4) is 5.75 Å². The molecule has 1 aliphatic rings. The van der Waals surface area contributed by atoms with Crippen LogP contribution in [0, 0.1) is 0 Å². The van der Waals surface area contributed by atoms with Crippen molar-refractivity contribution in [1.82, 2.24) is 24.5 Å². The fraction of sp³-hybridized carbons (Fsp3) is 0.292. The Bertz CT molecular complexity index is 1280. The number of nitrogens with zero attached hydrogens (tertiary/aromatic N) is 5. The molecule has 0 unspecified atom stereocenters. The summed E-state index contributed by atoms with van der Waals surface area (Å²) in [6, 6.07) is 19.8. The summed E-state index contributed by atoms with van der Waals surface area (Å²) < 4.78 is 6.75. The molecule has 5 rings (SSSR count). The van der Waals surface area contributed by atoms with Crippen LogP contribution in [0.2, 0.25) is 0 Å². The van der Waals surface area contributed by atoms with Gasteiger partial charge in [0.15, 0.2) is 0 Å². The Kier molecular flexibility index (Phi) is 5.95. The van der Waals surface area contributed by atoms with E-state index in [1.54, 1.807) is 13.2 Å². The zero-order valence-electron chi connectivity index (χ0n) is 18.6. The molecule has 1 saturated heterocycles. The summed E-state index contributed by atoms with van der Waals surface area (Å²) in [6.07, 6.45) is 0. The fourth-order valence-electron chi connectivity index (χ4n) is 4.15. The van der Waals surface area contributed by atoms with Crippen molar-refractivity contribution in [2.75, 3.05) is 43.5 Å². The topological polar surface area (TPSA) is 90.8 Å². The van der Waals surface area contributed by atoms with Gasteiger partial charge in [-0.3, -0.25) is 14.8 Å². The molecule has 4 aromatic rings. The molecule has 3 heterocycles. The van der Waals surface area contributed by atoms with E-state index in [9.17, 15) is 4.79 Å². The lowest BCUT2D eigenvalue weighted by atomic mass is 10.2. The lowest BCUT2D eigenvalue weighted by Crippen LogP contribution is -2.46. The molecule has 0 spiro atoms. The summed E-state index contributed by atoms with van der Waals surface area (Å²) in [5, 5.41) is 6.20. The minimum absolute atomic E-state index is 0.171. The van der Waals surface area contributed by atoms with Crippen LogP contribution in [-0.2, 0) is 13.1 Å². The van der Waals surface area contributed by atoms with Gasteiger partial charge in [0.2, 0.25) is 5.95 Å². The van der Waals surface area contributed by atoms with Crippen molar-refractivity contribution in [3.05, 3.63) is 82.3 Å². The standard InChI is InChI=1S/C24H27N7O2/c1-33-21-10-6-5-7-18(21)16-25-23-27-24-26-19(15-22(32)31(24)28-23)17-29-11-13-30(14-12-29)20-8-3-2-4-9-20/h2-10,15H,11-14,16-17H2,1H3,(H2,25,26,27,28). The molecule has 0 atom stereocenters. The molecule has 0 bridgehead atoms. The third-order valence-electron chi connectivity index (χ3n) is 5.90. The summed E-state index contributed by atoms with van der Waals surface area (Å²) in [5.74, 6) is 1.65. The second kappa shape index (κ2) is 9.33. The average molecular weight is 446 g/mol. The van der Waals surface area contributed by atoms with Crippen molar-refractivity contribution in [2.24, 2.45) is 0 Å². The number of hydrogen-bond acceptors (Lipinski definition) is 7. The van der Waals surface area contributed by atoms with E-state index in [-0.39, 0.29) is 5.56 Å². The fourth-order valence-corrected chi connectivity index (χ4v) is 4.15. The zero-order chi connectivity index (χ0) is 22.6. The molecule has 0 saturated carbocycles. The third kappa shape index (κ3) is 4.68. The number of methoxy groups -OCH3 is 1. The average Bonchev–Trinajstić information content (AvgIpc) is 3.27. The molecule has 1 aliphatic heterocycles. The van der Waals surface area contributed by atoms with Gasteiger partial charge in [-0.05, 0) is 18.2 Å². The Morgan fingerprint density at radius 3 is 2.55 bits per heavy atom. The molecular formula is C24H27N7O2. The molecule has 1 fully saturated rings. The summed E-state index contributed by atoms with van der Waals surface area (Å²) >= 11 is 0. The first-order valence-corrected chi connectivity index (χ1v) is 11.1. The van der Waals surface area contributed by atoms with E-state index >= 15 is 0 Å². The predicted octanol–water partition coefficient (Wildman–Crippen LogP) is 2.36. The van der Waals surface area contributed by atoms with Crippen LogP contribution in [0.4, 0.5) is 11.6 Å². The molecule has 0 aliphatic carbocycles. The number of fused-ring (bicyclic) bond motifs is 1. The molecule has 33 heavy (non-hydrogen) atoms. The quantitative estimate of drug-likeness (QED) is 0.451. The number of hydrogen-bond donors (Lipinski definition) is 2. The van der Waals surface area contributed by atoms with Gasteiger partial charge in [-0.1, -0.05) is 36.4 Å². The summed E-state index contributed by atoms with van der Waals surface area (Å²) in [6.45, 7) is 4.88. The van der Waals surface area contributed by atoms with Gasteiger partial charge in [-0.2, -0.15) is 9.50 Å². The van der Waals surface area contributed by atoms with E-state index in [0.29, 0.717) is 24.8 Å². The van der Waals surface area contributed by atoms with E-state index in [2.05, 4.69) is 54.4 Å². The second-order valence-corrected chi connectivity index (χ2v) is 8.06. The Morgan fingerprint density at radius 2 is 1.76 bits per heavy atom. The number of ether oxygens (including phenoxy) is 1. The maximum absolute atomic E-state index is 12.6. The molecule has 2 aromatic heterocycles. The van der Waals surface area contributed by atoms with Crippen molar-refractivity contribution < 1.29 is 4.74 Å². The number of aromatic nitrogens is 4. The molecule has 9 heteroatoms. The van der Waals surface area contributed by atoms with Crippen LogP contribution in [-0.4, -0.2) is 57.8 Å². The minimum atomic E-state index is -0.171. The van der Waals surface area contributed by atoms with Crippen LogP contribution in [0.3, 0.4) is 0 Å². The zero-order valence-corrected chi connectivity index (χ0v) is 18.6. The van der Waals surface area contributed by atoms with Gasteiger partial charge in [-0.15, -0.1) is 0 Å². The van der Waals surface area contributed by atoms with Crippen LogP contribution < -0.4 is 20.5 Å². The van der Waals surface area contributed by atoms with Crippen LogP contribution in [0.1, 0.15) is 11.3 Å². The SMILES string of the molecule is COc1ccccc1CNc1nc2nc(CN3CCN(c4ccccc4)CC3)cc(=O)n2[nH]1. The highest BCUT2D eigenvalue weighted by Crippen LogP contribution is 2.19. The molecular weight excluding hydrogens is 418 g/mol. The first-order valence-electron chi connectivity index (χ1n) is 11.1. The minimum Gasteiger partial charge on any atom is -0.496 e. The van der Waals surface area contributed by atoms with Crippen molar-refractivity contribution >= 4 is 17.4 Å². The molecule has 170 valence electrons. The van der Waals surface area contributed by atoms with Crippen LogP contribution in [0.5, 0.6) is 5.75 Å². The van der Waals surface area contributed by atoms with Gasteiger partial charge >= 0.3 is 0 Å². The highest BCUT2D eigenvalue weighted by molar-refractivity contribution is 5.46. The van der Waals surface area contributed by atoms with E-state index in [1.807, 2.05) is 30.3 Å². The van der Waals surface area contributed by atoms with Gasteiger partial charge in [-0.25, -0.2) is 4.98 Å². The maximum Gasteiger partial charge on any atom is 0.274 e. The van der Waals surface area contributed by atoms with Gasteiger partial charge in [0.25, 0.3) is 11.3 Å². The second-order valence-electron chi connectivity index (χ2n) is 8.06. The Hall–Kier alpha value is -3.85. The summed E-state index contributed by atoms with van der Waals surface area (Å²) in [4.78, 5) is 26.4. The number of nitrogens with one attached hydrogen (secondary N) is 2. The van der Waals surface area contributed by atoms with Crippen LogP contribution in [0.15, 0.2) is 65.5 Å². The van der Waals surface area contributed by atoms with Gasteiger partial charge in [0, 0.05) is 56.6 Å². The van der Waals surface area contributed by atoms with E-state index in [0.717, 1.165) is 43.2 Å². The number of aromatic amines is 1. The van der Waals surface area contributed by atoms with Crippen LogP contribution >= 0.6 is 0 Å². The Labute approximate surface area is 191 Å². The molecule has 9 nitrogen and oxygen atoms in total. The molecule has 0 amide bonds. The monoisotopic (exact) mass is 445 g/mol. The third-order valence-corrected chi connectivity index (χ3v) is 5.90. The number of benzene rings is 2. The molecule has 2 N–H and O–H groups in total. The summed E-state index contributed by atoms with van der Waals surface area (Å²) in [7, 11) is 1.65. The number of anilines is 2. The first kappa shape index (κ1) is 21.0. The number of para-hydroxylation sites is 2. The number of piperazine rings is 1. The van der Waals surface area contributed by atoms with Crippen LogP contribution in [0.25, 0.3) is 5.78 Å². The lowest BCUT2D eigenvalue weighted by molar-refractivity contribution is 0.247. The van der Waals surface area contributed by atoms with E-state index < -0.39 is 0 Å². The van der Waals surface area contributed by atoms with Crippen molar-refractivity contribution in [2.45, 2.75) is 13.1 Å². The highest BCUT2D eigenvalue weighted by Gasteiger charge is 2.18. The number of rotatable bonds is 7. The smallest absolute Gasteiger partial charge is 0.274 e. The van der Waals surface area contributed by atoms with Crippen molar-refractivity contribution in [3.63, 3.8) is 0 Å². The molecule has 0 radical (unpaired) electrons.